The summed E-state index contributed by atoms with van der Waals surface area (Å²) < 4.78 is 3.11. The van der Waals surface area contributed by atoms with Gasteiger partial charge in [-0.25, -0.2) is 4.79 Å². The molecule has 0 saturated heterocycles. The van der Waals surface area contributed by atoms with Gasteiger partial charge in [-0.2, -0.15) is 4.98 Å². The molecule has 2 aromatic heterocycles. The zero-order valence-electron chi connectivity index (χ0n) is 13.4. The first-order chi connectivity index (χ1) is 10.3. The Morgan fingerprint density at radius 2 is 2.09 bits per heavy atom. The number of allylic oxidation sites excluding steroid dienone is 1. The van der Waals surface area contributed by atoms with Crippen LogP contribution in [0.3, 0.4) is 0 Å². The molecule has 22 heavy (non-hydrogen) atoms. The first-order valence-electron chi connectivity index (χ1n) is 7.18. The van der Waals surface area contributed by atoms with Crippen molar-refractivity contribution in [2.45, 2.75) is 33.7 Å². The smallest absolute Gasteiger partial charge is 0.303 e. The average Bonchev–Trinajstić information content (AvgIpc) is 2.79. The van der Waals surface area contributed by atoms with Crippen LogP contribution in [0.2, 0.25) is 0 Å². The van der Waals surface area contributed by atoms with Gasteiger partial charge in [0.15, 0.2) is 11.2 Å². The van der Waals surface area contributed by atoms with Gasteiger partial charge in [0.1, 0.15) is 0 Å². The Morgan fingerprint density at radius 3 is 2.68 bits per heavy atom. The maximum Gasteiger partial charge on any atom is 0.329 e. The third-order valence-electron chi connectivity index (χ3n) is 3.32. The fourth-order valence-electron chi connectivity index (χ4n) is 2.10. The van der Waals surface area contributed by atoms with Crippen LogP contribution in [0.5, 0.6) is 0 Å². The Balaban J connectivity index is 2.61. The number of aromatic nitrogens is 4. The standard InChI is InChI=1S/C14H22N6O2/c1-8(2)6-7-20-10-11(15-13(20)18-17-9(3)4)19(5)14(22)16-12(10)21/h8,17H,3,6-7H2,1-2,4-5H3,(H,15,18)(H,16,21,22). The maximum absolute atomic E-state index is 12.2. The average molecular weight is 306 g/mol. The molecule has 2 rings (SSSR count). The van der Waals surface area contributed by atoms with Gasteiger partial charge in [-0.15, -0.1) is 0 Å². The third-order valence-corrected chi connectivity index (χ3v) is 3.32. The highest BCUT2D eigenvalue weighted by Crippen LogP contribution is 2.16. The lowest BCUT2D eigenvalue weighted by molar-refractivity contribution is 0.523. The molecule has 0 unspecified atom stereocenters. The molecule has 0 radical (unpaired) electrons. The number of fused-ring (bicyclic) bond motifs is 1. The number of anilines is 1. The van der Waals surface area contributed by atoms with E-state index >= 15 is 0 Å². The van der Waals surface area contributed by atoms with E-state index < -0.39 is 11.2 Å². The molecule has 0 fully saturated rings. The quantitative estimate of drug-likeness (QED) is 0.690. The Kier molecular flexibility index (Phi) is 4.39. The summed E-state index contributed by atoms with van der Waals surface area (Å²) in [5, 5.41) is 0. The Labute approximate surface area is 127 Å². The van der Waals surface area contributed by atoms with Crippen LogP contribution in [0.15, 0.2) is 21.9 Å². The molecule has 0 saturated carbocycles. The molecule has 8 nitrogen and oxygen atoms in total. The number of aromatic amines is 1. The van der Waals surface area contributed by atoms with Gasteiger partial charge in [-0.3, -0.25) is 19.8 Å². The number of nitrogens with zero attached hydrogens (tertiary/aromatic N) is 3. The van der Waals surface area contributed by atoms with Crippen molar-refractivity contribution in [2.75, 3.05) is 5.43 Å². The predicted octanol–water partition coefficient (Wildman–Crippen LogP) is 0.919. The summed E-state index contributed by atoms with van der Waals surface area (Å²) in [5.74, 6) is 0.955. The third kappa shape index (κ3) is 3.05. The van der Waals surface area contributed by atoms with Gasteiger partial charge < -0.3 is 9.99 Å². The summed E-state index contributed by atoms with van der Waals surface area (Å²) in [6.45, 7) is 10.4. The van der Waals surface area contributed by atoms with E-state index in [1.165, 1.54) is 4.57 Å². The molecule has 0 aliphatic heterocycles. The van der Waals surface area contributed by atoms with Crippen LogP contribution in [0.1, 0.15) is 27.2 Å². The van der Waals surface area contributed by atoms with Crippen molar-refractivity contribution < 1.29 is 0 Å². The number of imidazole rings is 1. The molecule has 0 spiro atoms. The normalized spacial score (nSPS) is 11.1. The van der Waals surface area contributed by atoms with Crippen LogP contribution in [0.4, 0.5) is 5.95 Å². The first kappa shape index (κ1) is 15.9. The van der Waals surface area contributed by atoms with Gasteiger partial charge in [0.05, 0.1) is 0 Å². The van der Waals surface area contributed by atoms with E-state index in [0.29, 0.717) is 35.3 Å². The zero-order valence-corrected chi connectivity index (χ0v) is 13.4. The zero-order chi connectivity index (χ0) is 16.4. The lowest BCUT2D eigenvalue weighted by Crippen LogP contribution is -2.29. The second-order valence-electron chi connectivity index (χ2n) is 5.79. The first-order valence-corrected chi connectivity index (χ1v) is 7.18. The van der Waals surface area contributed by atoms with Crippen LogP contribution in [0.25, 0.3) is 11.2 Å². The van der Waals surface area contributed by atoms with E-state index in [-0.39, 0.29) is 0 Å². The molecule has 0 bridgehead atoms. The van der Waals surface area contributed by atoms with Gasteiger partial charge in [0.2, 0.25) is 5.95 Å². The number of rotatable bonds is 6. The fourth-order valence-corrected chi connectivity index (χ4v) is 2.10. The van der Waals surface area contributed by atoms with Crippen LogP contribution in [0, 0.1) is 5.92 Å². The Bertz CT molecular complexity index is 811. The maximum atomic E-state index is 12.2. The van der Waals surface area contributed by atoms with Crippen LogP contribution in [-0.4, -0.2) is 19.1 Å². The number of H-pyrrole nitrogens is 1. The van der Waals surface area contributed by atoms with Crippen molar-refractivity contribution in [3.63, 3.8) is 0 Å². The predicted molar refractivity (Wildman–Crippen MR) is 86.6 cm³/mol. The summed E-state index contributed by atoms with van der Waals surface area (Å²) in [4.78, 5) is 30.6. The van der Waals surface area contributed by atoms with Gasteiger partial charge in [0, 0.05) is 19.3 Å². The number of hydrogen-bond donors (Lipinski definition) is 3. The summed E-state index contributed by atoms with van der Waals surface area (Å²) in [6.07, 6.45) is 0.884. The van der Waals surface area contributed by atoms with E-state index in [2.05, 4.69) is 41.2 Å². The highest BCUT2D eigenvalue weighted by Gasteiger charge is 2.17. The molecule has 120 valence electrons. The van der Waals surface area contributed by atoms with Crippen molar-refractivity contribution in [1.29, 1.82) is 0 Å². The lowest BCUT2D eigenvalue weighted by Gasteiger charge is -2.12. The van der Waals surface area contributed by atoms with Crippen LogP contribution in [-0.2, 0) is 13.6 Å². The SMILES string of the molecule is C=C(C)NNc1nc2c(c(=O)[nH]c(=O)n2C)n1CCC(C)C. The second-order valence-corrected chi connectivity index (χ2v) is 5.79. The molecule has 8 heteroatoms. The largest absolute Gasteiger partial charge is 0.329 e. The van der Waals surface area contributed by atoms with Gasteiger partial charge in [-0.1, -0.05) is 20.4 Å². The molecule has 2 heterocycles. The van der Waals surface area contributed by atoms with E-state index in [4.69, 9.17) is 0 Å². The minimum atomic E-state index is -0.481. The fraction of sp³-hybridized carbons (Fsp3) is 0.500. The van der Waals surface area contributed by atoms with Crippen molar-refractivity contribution >= 4 is 17.1 Å². The molecular formula is C14H22N6O2. The second kappa shape index (κ2) is 6.08. The van der Waals surface area contributed by atoms with Crippen LogP contribution >= 0.6 is 0 Å². The molecule has 3 N–H and O–H groups in total. The highest BCUT2D eigenvalue weighted by molar-refractivity contribution is 5.74. The summed E-state index contributed by atoms with van der Waals surface area (Å²) in [7, 11) is 1.58. The summed E-state index contributed by atoms with van der Waals surface area (Å²) in [6, 6.07) is 0. The molecule has 0 aliphatic rings. The van der Waals surface area contributed by atoms with Crippen molar-refractivity contribution in [3.05, 3.63) is 33.1 Å². The lowest BCUT2D eigenvalue weighted by atomic mass is 10.1. The van der Waals surface area contributed by atoms with Crippen LogP contribution < -0.4 is 22.1 Å². The van der Waals surface area contributed by atoms with Gasteiger partial charge in [0.25, 0.3) is 5.56 Å². The van der Waals surface area contributed by atoms with E-state index in [9.17, 15) is 9.59 Å². The minimum Gasteiger partial charge on any atom is -0.303 e. The molecular weight excluding hydrogens is 284 g/mol. The number of hydrazine groups is 1. The number of hydrogen-bond acceptors (Lipinski definition) is 5. The highest BCUT2D eigenvalue weighted by atomic mass is 16.2. The van der Waals surface area contributed by atoms with E-state index in [1.54, 1.807) is 18.5 Å². The number of nitrogens with one attached hydrogen (secondary N) is 3. The van der Waals surface area contributed by atoms with Gasteiger partial charge >= 0.3 is 5.69 Å². The van der Waals surface area contributed by atoms with Crippen molar-refractivity contribution in [1.82, 2.24) is 24.5 Å². The van der Waals surface area contributed by atoms with Crippen molar-refractivity contribution in [2.24, 2.45) is 13.0 Å². The molecule has 0 atom stereocenters. The monoisotopic (exact) mass is 306 g/mol. The van der Waals surface area contributed by atoms with Gasteiger partial charge in [-0.05, 0) is 19.3 Å². The van der Waals surface area contributed by atoms with E-state index in [0.717, 1.165) is 6.42 Å². The molecule has 0 amide bonds. The minimum absolute atomic E-state index is 0.350. The summed E-state index contributed by atoms with van der Waals surface area (Å²) >= 11 is 0. The molecule has 0 aliphatic carbocycles. The van der Waals surface area contributed by atoms with E-state index in [1.807, 2.05) is 0 Å². The van der Waals surface area contributed by atoms with Crippen molar-refractivity contribution in [3.8, 4) is 0 Å². The molecule has 0 aromatic carbocycles. The Hall–Kier alpha value is -2.51. The Morgan fingerprint density at radius 1 is 1.41 bits per heavy atom. The molecule has 2 aromatic rings. The topological polar surface area (TPSA) is 96.7 Å². The summed E-state index contributed by atoms with van der Waals surface area (Å²) in [5.41, 5.74) is 6.34. The number of aryl methyl sites for hydroxylation is 2.